The molecule has 0 saturated heterocycles. The van der Waals surface area contributed by atoms with E-state index in [2.05, 4.69) is 58.9 Å². The zero-order chi connectivity index (χ0) is 17.2. The average molecular weight is 312 g/mol. The van der Waals surface area contributed by atoms with Crippen molar-refractivity contribution in [2.75, 3.05) is 0 Å². The Kier molecular flexibility index (Phi) is 5.39. The van der Waals surface area contributed by atoms with Crippen LogP contribution in [0.1, 0.15) is 63.6 Å². The van der Waals surface area contributed by atoms with Gasteiger partial charge in [0, 0.05) is 5.41 Å². The summed E-state index contributed by atoms with van der Waals surface area (Å²) in [5.41, 5.74) is 5.30. The van der Waals surface area contributed by atoms with Crippen molar-refractivity contribution in [2.24, 2.45) is 11.8 Å². The third-order valence-electron chi connectivity index (χ3n) is 6.08. The van der Waals surface area contributed by atoms with Crippen LogP contribution in [0.15, 0.2) is 35.9 Å². The molecule has 0 saturated carbocycles. The van der Waals surface area contributed by atoms with Gasteiger partial charge in [-0.3, -0.25) is 0 Å². The Bertz CT molecular complexity index is 623. The summed E-state index contributed by atoms with van der Waals surface area (Å²) in [4.78, 5) is 0. The molecule has 1 heteroatoms. The second kappa shape index (κ2) is 6.95. The molecule has 0 fully saturated rings. The molecule has 126 valence electrons. The van der Waals surface area contributed by atoms with E-state index in [4.69, 9.17) is 0 Å². The summed E-state index contributed by atoms with van der Waals surface area (Å²) in [7, 11) is 0. The van der Waals surface area contributed by atoms with Gasteiger partial charge in [-0.25, -0.2) is 0 Å². The predicted molar refractivity (Wildman–Crippen MR) is 100 cm³/mol. The Morgan fingerprint density at radius 3 is 2.39 bits per heavy atom. The van der Waals surface area contributed by atoms with Crippen LogP contribution in [0.3, 0.4) is 0 Å². The van der Waals surface area contributed by atoms with Crippen LogP contribution in [0.25, 0.3) is 0 Å². The maximum Gasteiger partial charge on any atom is 0.118 e. The van der Waals surface area contributed by atoms with Gasteiger partial charge < -0.3 is 5.11 Å². The van der Waals surface area contributed by atoms with E-state index in [1.165, 1.54) is 11.1 Å². The van der Waals surface area contributed by atoms with E-state index in [1.807, 2.05) is 13.0 Å². The molecular formula is C22H32O. The van der Waals surface area contributed by atoms with Crippen molar-refractivity contribution >= 4 is 0 Å². The Balaban J connectivity index is 2.68. The zero-order valence-electron chi connectivity index (χ0n) is 15.6. The molecule has 1 aliphatic carbocycles. The lowest BCUT2D eigenvalue weighted by atomic mass is 9.61. The number of rotatable bonds is 5. The molecule has 0 bridgehead atoms. The molecule has 0 radical (unpaired) electrons. The normalized spacial score (nSPS) is 23.5. The van der Waals surface area contributed by atoms with Gasteiger partial charge in [-0.05, 0) is 61.3 Å². The van der Waals surface area contributed by atoms with Gasteiger partial charge in [0.1, 0.15) is 5.75 Å². The highest BCUT2D eigenvalue weighted by atomic mass is 16.3. The number of hydrogen-bond donors (Lipinski definition) is 1. The molecule has 0 heterocycles. The summed E-state index contributed by atoms with van der Waals surface area (Å²) >= 11 is 0. The number of hydrogen-bond acceptors (Lipinski definition) is 1. The Morgan fingerprint density at radius 2 is 1.78 bits per heavy atom. The summed E-state index contributed by atoms with van der Waals surface area (Å²) in [6, 6.07) is 4.04. The van der Waals surface area contributed by atoms with Crippen LogP contribution in [-0.4, -0.2) is 5.11 Å². The SMILES string of the molecule is CCCC(CC)(C1=CC=CC(C)C1C)c1ccc(O)c(C)c1C. The van der Waals surface area contributed by atoms with Crippen LogP contribution >= 0.6 is 0 Å². The van der Waals surface area contributed by atoms with Crippen LogP contribution < -0.4 is 0 Å². The highest BCUT2D eigenvalue weighted by Gasteiger charge is 2.39. The van der Waals surface area contributed by atoms with Crippen molar-refractivity contribution in [3.05, 3.63) is 52.6 Å². The number of phenols is 1. The van der Waals surface area contributed by atoms with E-state index in [1.54, 1.807) is 5.57 Å². The molecule has 2 rings (SSSR count). The standard InChI is InChI=1S/C22H32O/c1-7-14-22(8-2,19-11-9-10-15(3)16(19)4)20-12-13-21(23)18(6)17(20)5/h9-13,15-16,23H,7-8,14H2,1-6H3. The molecule has 23 heavy (non-hydrogen) atoms. The Hall–Kier alpha value is -1.50. The van der Waals surface area contributed by atoms with Crippen molar-refractivity contribution < 1.29 is 5.11 Å². The summed E-state index contributed by atoms with van der Waals surface area (Å²) < 4.78 is 0. The van der Waals surface area contributed by atoms with Crippen LogP contribution in [0, 0.1) is 25.7 Å². The summed E-state index contributed by atoms with van der Waals surface area (Å²) in [5.74, 6) is 1.54. The van der Waals surface area contributed by atoms with Crippen molar-refractivity contribution in [3.63, 3.8) is 0 Å². The highest BCUT2D eigenvalue weighted by Crippen LogP contribution is 2.48. The minimum atomic E-state index is 0.0791. The molecule has 0 amide bonds. The quantitative estimate of drug-likeness (QED) is 0.683. The van der Waals surface area contributed by atoms with Crippen LogP contribution in [0.4, 0.5) is 0 Å². The Labute approximate surface area is 142 Å². The topological polar surface area (TPSA) is 20.2 Å². The maximum atomic E-state index is 10.1. The molecular weight excluding hydrogens is 280 g/mol. The molecule has 1 aromatic carbocycles. The molecule has 3 unspecified atom stereocenters. The van der Waals surface area contributed by atoms with Crippen molar-refractivity contribution in [1.82, 2.24) is 0 Å². The van der Waals surface area contributed by atoms with E-state index >= 15 is 0 Å². The third-order valence-corrected chi connectivity index (χ3v) is 6.08. The minimum Gasteiger partial charge on any atom is -0.508 e. The van der Waals surface area contributed by atoms with E-state index in [0.29, 0.717) is 17.6 Å². The first-order valence-corrected chi connectivity index (χ1v) is 9.07. The number of benzene rings is 1. The first-order valence-electron chi connectivity index (χ1n) is 9.07. The summed E-state index contributed by atoms with van der Waals surface area (Å²) in [6.45, 7) is 13.5. The molecule has 0 aromatic heterocycles. The van der Waals surface area contributed by atoms with Gasteiger partial charge in [0.2, 0.25) is 0 Å². The second-order valence-corrected chi connectivity index (χ2v) is 7.22. The van der Waals surface area contributed by atoms with Gasteiger partial charge in [-0.15, -0.1) is 0 Å². The first-order chi connectivity index (χ1) is 10.9. The van der Waals surface area contributed by atoms with Gasteiger partial charge >= 0.3 is 0 Å². The molecule has 0 spiro atoms. The lowest BCUT2D eigenvalue weighted by molar-refractivity contribution is 0.363. The number of phenolic OH excluding ortho intramolecular Hbond substituents is 1. The lowest BCUT2D eigenvalue weighted by Crippen LogP contribution is -2.34. The molecule has 3 atom stereocenters. The van der Waals surface area contributed by atoms with Crippen molar-refractivity contribution in [2.45, 2.75) is 66.2 Å². The number of allylic oxidation sites excluding steroid dienone is 4. The largest absolute Gasteiger partial charge is 0.508 e. The zero-order valence-corrected chi connectivity index (χ0v) is 15.6. The van der Waals surface area contributed by atoms with Crippen LogP contribution in [0.2, 0.25) is 0 Å². The summed E-state index contributed by atoms with van der Waals surface area (Å²) in [6.07, 6.45) is 10.3. The fraction of sp³-hybridized carbons (Fsp3) is 0.545. The average Bonchev–Trinajstić information content (AvgIpc) is 2.54. The molecule has 0 aliphatic heterocycles. The van der Waals surface area contributed by atoms with Gasteiger partial charge in [-0.1, -0.05) is 64.0 Å². The van der Waals surface area contributed by atoms with Crippen LogP contribution in [-0.2, 0) is 5.41 Å². The highest BCUT2D eigenvalue weighted by molar-refractivity contribution is 5.51. The third kappa shape index (κ3) is 2.98. The second-order valence-electron chi connectivity index (χ2n) is 7.22. The smallest absolute Gasteiger partial charge is 0.118 e. The van der Waals surface area contributed by atoms with E-state index in [0.717, 1.165) is 24.8 Å². The molecule has 1 N–H and O–H groups in total. The van der Waals surface area contributed by atoms with Gasteiger partial charge in [0.05, 0.1) is 0 Å². The fourth-order valence-corrected chi connectivity index (χ4v) is 4.29. The van der Waals surface area contributed by atoms with Gasteiger partial charge in [0.15, 0.2) is 0 Å². The molecule has 1 aliphatic rings. The lowest BCUT2D eigenvalue weighted by Gasteiger charge is -2.42. The van der Waals surface area contributed by atoms with Crippen molar-refractivity contribution in [3.8, 4) is 5.75 Å². The van der Waals surface area contributed by atoms with E-state index in [9.17, 15) is 5.11 Å². The molecule has 1 aromatic rings. The van der Waals surface area contributed by atoms with Gasteiger partial charge in [-0.2, -0.15) is 0 Å². The Morgan fingerprint density at radius 1 is 1.09 bits per heavy atom. The monoisotopic (exact) mass is 312 g/mol. The summed E-state index contributed by atoms with van der Waals surface area (Å²) in [5, 5.41) is 10.1. The number of aromatic hydroxyl groups is 1. The first kappa shape index (κ1) is 17.8. The van der Waals surface area contributed by atoms with Gasteiger partial charge in [0.25, 0.3) is 0 Å². The predicted octanol–water partition coefficient (Wildman–Crippen LogP) is 6.23. The van der Waals surface area contributed by atoms with Crippen molar-refractivity contribution in [1.29, 1.82) is 0 Å². The van der Waals surface area contributed by atoms with Crippen LogP contribution in [0.5, 0.6) is 5.75 Å². The molecule has 1 nitrogen and oxygen atoms in total. The van der Waals surface area contributed by atoms with E-state index in [-0.39, 0.29) is 5.41 Å². The minimum absolute atomic E-state index is 0.0791. The fourth-order valence-electron chi connectivity index (χ4n) is 4.29. The maximum absolute atomic E-state index is 10.1. The van der Waals surface area contributed by atoms with E-state index < -0.39 is 0 Å².